The summed E-state index contributed by atoms with van der Waals surface area (Å²) in [5.41, 5.74) is 6.78. The van der Waals surface area contributed by atoms with Gasteiger partial charge in [0, 0.05) is 11.2 Å². The van der Waals surface area contributed by atoms with Crippen molar-refractivity contribution in [1.82, 2.24) is 4.98 Å². The number of benzene rings is 1. The highest BCUT2D eigenvalue weighted by Crippen LogP contribution is 2.26. The van der Waals surface area contributed by atoms with Crippen molar-refractivity contribution in [1.29, 1.82) is 0 Å². The third-order valence-electron chi connectivity index (χ3n) is 2.28. The van der Waals surface area contributed by atoms with E-state index < -0.39 is 0 Å². The van der Waals surface area contributed by atoms with Crippen LogP contribution in [0.5, 0.6) is 0 Å². The number of amides is 1. The Morgan fingerprint density at radius 2 is 2.06 bits per heavy atom. The molecule has 0 saturated heterocycles. The Bertz CT molecular complexity index is 602. The van der Waals surface area contributed by atoms with Crippen LogP contribution >= 0.6 is 23.2 Å². The van der Waals surface area contributed by atoms with Crippen molar-refractivity contribution in [3.05, 3.63) is 52.3 Å². The minimum Gasteiger partial charge on any atom is -0.397 e. The van der Waals surface area contributed by atoms with Crippen molar-refractivity contribution < 1.29 is 4.79 Å². The van der Waals surface area contributed by atoms with Crippen LogP contribution < -0.4 is 11.1 Å². The van der Waals surface area contributed by atoms with Crippen LogP contribution in [0.4, 0.5) is 11.4 Å². The van der Waals surface area contributed by atoms with Gasteiger partial charge in [-0.2, -0.15) is 0 Å². The fourth-order valence-corrected chi connectivity index (χ4v) is 1.85. The highest BCUT2D eigenvalue weighted by molar-refractivity contribution is 6.36. The Kier molecular flexibility index (Phi) is 3.69. The molecule has 6 heteroatoms. The summed E-state index contributed by atoms with van der Waals surface area (Å²) in [5.74, 6) is -0.348. The quantitative estimate of drug-likeness (QED) is 0.888. The molecule has 1 heterocycles. The molecule has 0 aliphatic heterocycles. The number of hydrogen-bond acceptors (Lipinski definition) is 3. The zero-order valence-electron chi connectivity index (χ0n) is 9.15. The van der Waals surface area contributed by atoms with E-state index in [1.54, 1.807) is 18.2 Å². The largest absolute Gasteiger partial charge is 0.397 e. The van der Waals surface area contributed by atoms with Crippen molar-refractivity contribution in [2.45, 2.75) is 0 Å². The van der Waals surface area contributed by atoms with Crippen LogP contribution in [0.3, 0.4) is 0 Å². The Morgan fingerprint density at radius 1 is 1.28 bits per heavy atom. The van der Waals surface area contributed by atoms with Gasteiger partial charge in [0.05, 0.1) is 28.2 Å². The molecular formula is C12H9Cl2N3O. The summed E-state index contributed by atoms with van der Waals surface area (Å²) in [5, 5.41) is 3.52. The number of hydrogen-bond donors (Lipinski definition) is 2. The lowest BCUT2D eigenvalue weighted by Gasteiger charge is -2.08. The number of halogens is 2. The van der Waals surface area contributed by atoms with Crippen LogP contribution in [-0.4, -0.2) is 10.9 Å². The van der Waals surface area contributed by atoms with Crippen molar-refractivity contribution in [3.63, 3.8) is 0 Å². The lowest BCUT2D eigenvalue weighted by molar-refractivity contribution is 0.102. The number of pyridine rings is 1. The van der Waals surface area contributed by atoms with E-state index in [-0.39, 0.29) is 5.91 Å². The van der Waals surface area contributed by atoms with E-state index in [1.165, 1.54) is 18.5 Å². The molecule has 0 radical (unpaired) electrons. The molecule has 92 valence electrons. The van der Waals surface area contributed by atoms with Crippen LogP contribution in [-0.2, 0) is 0 Å². The van der Waals surface area contributed by atoms with Gasteiger partial charge in [-0.15, -0.1) is 0 Å². The maximum absolute atomic E-state index is 12.0. The number of nitrogens with one attached hydrogen (secondary N) is 1. The smallest absolute Gasteiger partial charge is 0.257 e. The first kappa shape index (κ1) is 12.7. The highest BCUT2D eigenvalue weighted by Gasteiger charge is 2.11. The van der Waals surface area contributed by atoms with Gasteiger partial charge < -0.3 is 11.1 Å². The minimum atomic E-state index is -0.348. The van der Waals surface area contributed by atoms with Crippen molar-refractivity contribution >= 4 is 40.5 Å². The molecule has 18 heavy (non-hydrogen) atoms. The normalized spacial score (nSPS) is 10.1. The predicted molar refractivity (Wildman–Crippen MR) is 73.1 cm³/mol. The molecule has 2 aromatic rings. The van der Waals surface area contributed by atoms with Gasteiger partial charge in [0.15, 0.2) is 0 Å². The van der Waals surface area contributed by atoms with Crippen molar-refractivity contribution in [3.8, 4) is 0 Å². The maximum Gasteiger partial charge on any atom is 0.257 e. The second-order valence-electron chi connectivity index (χ2n) is 3.54. The number of aromatic nitrogens is 1. The number of anilines is 2. The van der Waals surface area contributed by atoms with Gasteiger partial charge in [-0.25, -0.2) is 0 Å². The Balaban J connectivity index is 2.24. The van der Waals surface area contributed by atoms with Crippen LogP contribution in [0, 0.1) is 0 Å². The lowest BCUT2D eigenvalue weighted by atomic mass is 10.2. The number of nitrogens with zero attached hydrogens (tertiary/aromatic N) is 1. The maximum atomic E-state index is 12.0. The molecule has 1 aromatic carbocycles. The average molecular weight is 282 g/mol. The van der Waals surface area contributed by atoms with Gasteiger partial charge in [0.25, 0.3) is 5.91 Å². The number of nitrogen functional groups attached to an aromatic ring is 1. The fraction of sp³-hybridized carbons (Fsp3) is 0. The van der Waals surface area contributed by atoms with Crippen LogP contribution in [0.2, 0.25) is 10.0 Å². The summed E-state index contributed by atoms with van der Waals surface area (Å²) in [6.45, 7) is 0. The predicted octanol–water partition coefficient (Wildman–Crippen LogP) is 3.22. The molecule has 0 spiro atoms. The molecule has 0 unspecified atom stereocenters. The van der Waals surface area contributed by atoms with Crippen molar-refractivity contribution in [2.24, 2.45) is 0 Å². The van der Waals surface area contributed by atoms with Gasteiger partial charge in [0.1, 0.15) is 0 Å². The average Bonchev–Trinajstić information content (AvgIpc) is 2.33. The minimum absolute atomic E-state index is 0.306. The molecular weight excluding hydrogens is 273 g/mol. The molecule has 0 saturated carbocycles. The van der Waals surface area contributed by atoms with E-state index in [1.807, 2.05) is 0 Å². The van der Waals surface area contributed by atoms with E-state index in [0.717, 1.165) is 0 Å². The summed E-state index contributed by atoms with van der Waals surface area (Å²) in [4.78, 5) is 15.8. The summed E-state index contributed by atoms with van der Waals surface area (Å²) in [6.07, 6.45) is 2.91. The molecule has 2 rings (SSSR count). The number of rotatable bonds is 2. The van der Waals surface area contributed by atoms with Gasteiger partial charge in [0.2, 0.25) is 0 Å². The molecule has 1 amide bonds. The Labute approximate surface area is 114 Å². The zero-order valence-corrected chi connectivity index (χ0v) is 10.7. The number of carbonyl (C=O) groups excluding carboxylic acids is 1. The van der Waals surface area contributed by atoms with E-state index in [2.05, 4.69) is 10.3 Å². The number of nitrogens with two attached hydrogens (primary N) is 1. The summed E-state index contributed by atoms with van der Waals surface area (Å²) < 4.78 is 0. The first-order valence-corrected chi connectivity index (χ1v) is 5.79. The molecule has 1 aromatic heterocycles. The summed E-state index contributed by atoms with van der Waals surface area (Å²) in [6, 6.07) is 6.35. The molecule has 0 atom stereocenters. The van der Waals surface area contributed by atoms with Crippen LogP contribution in [0.1, 0.15) is 10.4 Å². The van der Waals surface area contributed by atoms with E-state index in [0.29, 0.717) is 27.0 Å². The lowest BCUT2D eigenvalue weighted by Crippen LogP contribution is -2.14. The molecule has 0 aliphatic rings. The molecule has 0 bridgehead atoms. The topological polar surface area (TPSA) is 68.0 Å². The fourth-order valence-electron chi connectivity index (χ4n) is 1.39. The highest BCUT2D eigenvalue weighted by atomic mass is 35.5. The Morgan fingerprint density at radius 3 is 2.72 bits per heavy atom. The van der Waals surface area contributed by atoms with Gasteiger partial charge in [-0.1, -0.05) is 23.2 Å². The second-order valence-corrected chi connectivity index (χ2v) is 4.38. The Hall–Kier alpha value is -1.78. The first-order chi connectivity index (χ1) is 8.58. The van der Waals surface area contributed by atoms with Crippen LogP contribution in [0.15, 0.2) is 36.7 Å². The second kappa shape index (κ2) is 5.25. The van der Waals surface area contributed by atoms with Gasteiger partial charge >= 0.3 is 0 Å². The van der Waals surface area contributed by atoms with Gasteiger partial charge in [-0.05, 0) is 24.3 Å². The first-order valence-electron chi connectivity index (χ1n) is 5.04. The summed E-state index contributed by atoms with van der Waals surface area (Å²) in [7, 11) is 0. The third kappa shape index (κ3) is 2.72. The van der Waals surface area contributed by atoms with E-state index in [4.69, 9.17) is 28.9 Å². The molecule has 4 nitrogen and oxygen atoms in total. The van der Waals surface area contributed by atoms with E-state index in [9.17, 15) is 4.79 Å². The van der Waals surface area contributed by atoms with Gasteiger partial charge in [-0.3, -0.25) is 9.78 Å². The van der Waals surface area contributed by atoms with Crippen LogP contribution in [0.25, 0.3) is 0 Å². The monoisotopic (exact) mass is 281 g/mol. The number of carbonyl (C=O) groups is 1. The zero-order chi connectivity index (χ0) is 13.1. The molecule has 3 N–H and O–H groups in total. The van der Waals surface area contributed by atoms with E-state index >= 15 is 0 Å². The molecule has 0 fully saturated rings. The standard InChI is InChI=1S/C12H9Cl2N3O/c13-7-1-2-11(9(14)5-7)17-12(18)8-3-4-16-6-10(8)15/h1-6H,15H2,(H,17,18). The SMILES string of the molecule is Nc1cnccc1C(=O)Nc1ccc(Cl)cc1Cl. The summed E-state index contributed by atoms with van der Waals surface area (Å²) >= 11 is 11.7. The van der Waals surface area contributed by atoms with Crippen molar-refractivity contribution in [2.75, 3.05) is 11.1 Å². The third-order valence-corrected chi connectivity index (χ3v) is 2.82. The molecule has 0 aliphatic carbocycles.